The van der Waals surface area contributed by atoms with Crippen LogP contribution in [0.15, 0.2) is 36.4 Å². The molecule has 1 heterocycles. The number of halogens is 3. The smallest absolute Gasteiger partial charge is 0.369 e. The number of anilines is 1. The number of hydrogen-bond acceptors (Lipinski definition) is 3. The number of rotatable bonds is 5. The number of benzene rings is 1. The molecule has 0 radical (unpaired) electrons. The SMILES string of the molecule is Cc1ccc(C(Nc2cccc(C(F)(F)F)c2)C(=O)NC2CCCCC2)s1. The Morgan fingerprint density at radius 2 is 1.89 bits per heavy atom. The van der Waals surface area contributed by atoms with Crippen LogP contribution in [0.3, 0.4) is 0 Å². The molecule has 2 aromatic rings. The summed E-state index contributed by atoms with van der Waals surface area (Å²) in [4.78, 5) is 14.8. The first-order valence-electron chi connectivity index (χ1n) is 9.13. The van der Waals surface area contributed by atoms with Crippen molar-refractivity contribution in [2.24, 2.45) is 0 Å². The molecule has 0 saturated heterocycles. The van der Waals surface area contributed by atoms with Gasteiger partial charge in [0.05, 0.1) is 5.56 Å². The van der Waals surface area contributed by atoms with Gasteiger partial charge in [-0.25, -0.2) is 0 Å². The number of carbonyl (C=O) groups excluding carboxylic acids is 1. The Balaban J connectivity index is 1.81. The van der Waals surface area contributed by atoms with Gasteiger partial charge in [-0.05, 0) is 50.1 Å². The van der Waals surface area contributed by atoms with Crippen LogP contribution in [-0.2, 0) is 11.0 Å². The van der Waals surface area contributed by atoms with E-state index in [9.17, 15) is 18.0 Å². The van der Waals surface area contributed by atoms with E-state index in [4.69, 9.17) is 0 Å². The fourth-order valence-corrected chi connectivity index (χ4v) is 4.29. The molecule has 27 heavy (non-hydrogen) atoms. The highest BCUT2D eigenvalue weighted by atomic mass is 32.1. The molecule has 1 unspecified atom stereocenters. The Morgan fingerprint density at radius 1 is 1.15 bits per heavy atom. The Labute approximate surface area is 161 Å². The van der Waals surface area contributed by atoms with E-state index in [-0.39, 0.29) is 17.6 Å². The van der Waals surface area contributed by atoms with E-state index in [1.807, 2.05) is 19.1 Å². The second-order valence-corrected chi connectivity index (χ2v) is 8.27. The third kappa shape index (κ3) is 5.25. The molecule has 2 N–H and O–H groups in total. The lowest BCUT2D eigenvalue weighted by atomic mass is 9.95. The van der Waals surface area contributed by atoms with Crippen molar-refractivity contribution < 1.29 is 18.0 Å². The van der Waals surface area contributed by atoms with E-state index in [1.54, 1.807) is 6.07 Å². The number of amides is 1. The van der Waals surface area contributed by atoms with Crippen molar-refractivity contribution in [3.63, 3.8) is 0 Å². The number of carbonyl (C=O) groups is 1. The van der Waals surface area contributed by atoms with E-state index in [1.165, 1.54) is 23.8 Å². The minimum absolute atomic E-state index is 0.137. The normalized spacial score (nSPS) is 16.7. The molecule has 1 aromatic heterocycles. The standard InChI is InChI=1S/C20H23F3N2OS/c1-13-10-11-17(27-13)18(19(26)25-15-7-3-2-4-8-15)24-16-9-5-6-14(12-16)20(21,22)23/h5-6,9-12,15,18,24H,2-4,7-8H2,1H3,(H,25,26). The van der Waals surface area contributed by atoms with Crippen molar-refractivity contribution >= 4 is 22.9 Å². The van der Waals surface area contributed by atoms with Crippen molar-refractivity contribution in [2.75, 3.05) is 5.32 Å². The predicted octanol–water partition coefficient (Wildman–Crippen LogP) is 5.68. The first-order chi connectivity index (χ1) is 12.8. The van der Waals surface area contributed by atoms with Gasteiger partial charge in [0.25, 0.3) is 0 Å². The summed E-state index contributed by atoms with van der Waals surface area (Å²) >= 11 is 1.47. The Bertz CT molecular complexity index is 782. The highest BCUT2D eigenvalue weighted by Gasteiger charge is 2.31. The molecule has 3 nitrogen and oxygen atoms in total. The van der Waals surface area contributed by atoms with Crippen molar-refractivity contribution in [2.45, 2.75) is 57.3 Å². The maximum Gasteiger partial charge on any atom is 0.416 e. The topological polar surface area (TPSA) is 41.1 Å². The summed E-state index contributed by atoms with van der Waals surface area (Å²) in [5.74, 6) is -0.193. The maximum atomic E-state index is 13.0. The van der Waals surface area contributed by atoms with Gasteiger partial charge in [0.1, 0.15) is 6.04 Å². The van der Waals surface area contributed by atoms with Crippen LogP contribution in [0.4, 0.5) is 18.9 Å². The summed E-state index contributed by atoms with van der Waals surface area (Å²) in [5, 5.41) is 6.08. The van der Waals surface area contributed by atoms with Crippen LogP contribution in [0.2, 0.25) is 0 Å². The molecule has 0 aliphatic heterocycles. The Hall–Kier alpha value is -2.02. The van der Waals surface area contributed by atoms with Crippen molar-refractivity contribution in [3.8, 4) is 0 Å². The van der Waals surface area contributed by atoms with E-state index < -0.39 is 17.8 Å². The lowest BCUT2D eigenvalue weighted by molar-refractivity contribution is -0.137. The van der Waals surface area contributed by atoms with Crippen LogP contribution in [0.1, 0.15) is 53.5 Å². The molecule has 0 bridgehead atoms. The molecule has 1 fully saturated rings. The molecule has 146 valence electrons. The molecule has 1 amide bonds. The molecule has 3 rings (SSSR count). The summed E-state index contributed by atoms with van der Waals surface area (Å²) in [6, 6.07) is 8.16. The summed E-state index contributed by atoms with van der Waals surface area (Å²) in [6.45, 7) is 1.94. The molecular weight excluding hydrogens is 373 g/mol. The fourth-order valence-electron chi connectivity index (χ4n) is 3.36. The lowest BCUT2D eigenvalue weighted by Crippen LogP contribution is -2.41. The zero-order valence-electron chi connectivity index (χ0n) is 15.1. The molecule has 1 atom stereocenters. The van der Waals surface area contributed by atoms with Crippen LogP contribution in [0.25, 0.3) is 0 Å². The minimum Gasteiger partial charge on any atom is -0.369 e. The molecule has 1 aliphatic rings. The van der Waals surface area contributed by atoms with Gasteiger partial charge < -0.3 is 10.6 Å². The van der Waals surface area contributed by atoms with Gasteiger partial charge in [0.15, 0.2) is 0 Å². The van der Waals surface area contributed by atoms with Gasteiger partial charge in [-0.3, -0.25) is 4.79 Å². The number of thiophene rings is 1. The average Bonchev–Trinajstić information content (AvgIpc) is 3.06. The third-order valence-electron chi connectivity index (χ3n) is 4.76. The Morgan fingerprint density at radius 3 is 2.52 bits per heavy atom. The number of aryl methyl sites for hydroxylation is 1. The lowest BCUT2D eigenvalue weighted by Gasteiger charge is -2.26. The van der Waals surface area contributed by atoms with Gasteiger partial charge in [-0.2, -0.15) is 13.2 Å². The quantitative estimate of drug-likeness (QED) is 0.683. The maximum absolute atomic E-state index is 13.0. The predicted molar refractivity (Wildman–Crippen MR) is 102 cm³/mol. The van der Waals surface area contributed by atoms with Crippen molar-refractivity contribution in [1.29, 1.82) is 0 Å². The van der Waals surface area contributed by atoms with Gasteiger partial charge in [-0.1, -0.05) is 25.3 Å². The second-order valence-electron chi connectivity index (χ2n) is 6.95. The largest absolute Gasteiger partial charge is 0.416 e. The Kier molecular flexibility index (Phi) is 6.09. The fraction of sp³-hybridized carbons (Fsp3) is 0.450. The number of alkyl halides is 3. The summed E-state index contributed by atoms with van der Waals surface area (Å²) in [5.41, 5.74) is -0.457. The number of nitrogens with one attached hydrogen (secondary N) is 2. The zero-order valence-corrected chi connectivity index (χ0v) is 15.9. The minimum atomic E-state index is -4.42. The van der Waals surface area contributed by atoms with E-state index in [2.05, 4.69) is 10.6 Å². The van der Waals surface area contributed by atoms with Crippen LogP contribution in [0.5, 0.6) is 0 Å². The molecule has 0 spiro atoms. The zero-order chi connectivity index (χ0) is 19.4. The van der Waals surface area contributed by atoms with E-state index in [0.29, 0.717) is 0 Å². The summed E-state index contributed by atoms with van der Waals surface area (Å²) < 4.78 is 39.0. The van der Waals surface area contributed by atoms with Gasteiger partial charge >= 0.3 is 6.18 Å². The van der Waals surface area contributed by atoms with Crippen LogP contribution < -0.4 is 10.6 Å². The first kappa shape index (κ1) is 19.7. The highest BCUT2D eigenvalue weighted by Crippen LogP contribution is 2.33. The average molecular weight is 396 g/mol. The van der Waals surface area contributed by atoms with Crippen molar-refractivity contribution in [3.05, 3.63) is 51.7 Å². The molecule has 7 heteroatoms. The van der Waals surface area contributed by atoms with E-state index in [0.717, 1.165) is 47.6 Å². The molecular formula is C20H23F3N2OS. The summed E-state index contributed by atoms with van der Waals surface area (Å²) in [6.07, 6.45) is 0.847. The highest BCUT2D eigenvalue weighted by molar-refractivity contribution is 7.12. The van der Waals surface area contributed by atoms with Gasteiger partial charge in [0, 0.05) is 21.5 Å². The molecule has 1 aliphatic carbocycles. The monoisotopic (exact) mass is 396 g/mol. The first-order valence-corrected chi connectivity index (χ1v) is 9.95. The van der Waals surface area contributed by atoms with E-state index >= 15 is 0 Å². The van der Waals surface area contributed by atoms with Crippen LogP contribution in [-0.4, -0.2) is 11.9 Å². The second kappa shape index (κ2) is 8.33. The van der Waals surface area contributed by atoms with Crippen LogP contribution >= 0.6 is 11.3 Å². The summed E-state index contributed by atoms with van der Waals surface area (Å²) in [7, 11) is 0. The van der Waals surface area contributed by atoms with Gasteiger partial charge in [-0.15, -0.1) is 11.3 Å². The number of hydrogen-bond donors (Lipinski definition) is 2. The van der Waals surface area contributed by atoms with Gasteiger partial charge in [0.2, 0.25) is 5.91 Å². The molecule has 1 saturated carbocycles. The third-order valence-corrected chi connectivity index (χ3v) is 5.83. The molecule has 1 aromatic carbocycles. The van der Waals surface area contributed by atoms with Crippen LogP contribution in [0, 0.1) is 6.92 Å². The van der Waals surface area contributed by atoms with Crippen molar-refractivity contribution in [1.82, 2.24) is 5.32 Å².